The van der Waals surface area contributed by atoms with Crippen molar-refractivity contribution in [3.63, 3.8) is 0 Å². The van der Waals surface area contributed by atoms with Crippen LogP contribution in [0.25, 0.3) is 0 Å². The molecule has 0 saturated carbocycles. The lowest BCUT2D eigenvalue weighted by atomic mass is 10.3. The third-order valence-corrected chi connectivity index (χ3v) is 1.25. The summed E-state index contributed by atoms with van der Waals surface area (Å²) in [7, 11) is 1.26. The van der Waals surface area contributed by atoms with E-state index in [0.717, 1.165) is 12.3 Å². The van der Waals surface area contributed by atoms with Crippen LogP contribution in [0, 0.1) is 5.82 Å². The van der Waals surface area contributed by atoms with E-state index in [1.165, 1.54) is 7.11 Å². The van der Waals surface area contributed by atoms with Crippen LogP contribution in [0.4, 0.5) is 4.39 Å². The summed E-state index contributed by atoms with van der Waals surface area (Å²) in [5.41, 5.74) is -0.201. The highest BCUT2D eigenvalue weighted by atomic mass is 19.1. The molecule has 5 heteroatoms. The molecule has 1 aromatic heterocycles. The molecular weight excluding hydrogens is 189 g/mol. The topological polar surface area (TPSA) is 59.4 Å². The molecule has 14 heavy (non-hydrogen) atoms. The number of halogens is 1. The van der Waals surface area contributed by atoms with Crippen LogP contribution in [0.3, 0.4) is 0 Å². The molecular formula is C9H12FNO3. The second-order valence-corrected chi connectivity index (χ2v) is 2.02. The first kappa shape index (κ1) is 12.3. The molecule has 0 aliphatic rings. The Balaban J connectivity index is 0.000000791. The number of nitrogens with zero attached hydrogens (tertiary/aromatic N) is 1. The highest BCUT2D eigenvalue weighted by molar-refractivity contribution is 5.87. The smallest absolute Gasteiger partial charge is 0.337 e. The number of ether oxygens (including phenoxy) is 1. The van der Waals surface area contributed by atoms with Gasteiger partial charge in [-0.15, -0.1) is 0 Å². The molecule has 0 aliphatic heterocycles. The maximum absolute atomic E-state index is 12.8. The maximum Gasteiger partial charge on any atom is 0.337 e. The summed E-state index contributed by atoms with van der Waals surface area (Å²) < 4.78 is 17.3. The van der Waals surface area contributed by atoms with Gasteiger partial charge in [0.25, 0.3) is 0 Å². The summed E-state index contributed by atoms with van der Waals surface area (Å²) in [5.74, 6) is -2.21. The van der Waals surface area contributed by atoms with Crippen LogP contribution in [0.2, 0.25) is 0 Å². The first-order valence-electron chi connectivity index (χ1n) is 4.08. The van der Waals surface area contributed by atoms with Gasteiger partial charge in [0.1, 0.15) is 0 Å². The van der Waals surface area contributed by atoms with E-state index in [9.17, 15) is 9.18 Å². The molecule has 0 atom stereocenters. The van der Waals surface area contributed by atoms with E-state index in [1.807, 2.05) is 13.8 Å². The zero-order valence-corrected chi connectivity index (χ0v) is 8.24. The molecule has 1 aromatic rings. The van der Waals surface area contributed by atoms with E-state index in [0.29, 0.717) is 0 Å². The SMILES string of the molecule is CC.COc1ncc(C(=O)O)cc1F. The van der Waals surface area contributed by atoms with Crippen molar-refractivity contribution in [1.82, 2.24) is 4.98 Å². The number of hydrogen-bond donors (Lipinski definition) is 1. The number of aromatic carboxylic acids is 1. The molecule has 0 unspecified atom stereocenters. The third kappa shape index (κ3) is 3.01. The number of pyridine rings is 1. The fraction of sp³-hybridized carbons (Fsp3) is 0.333. The zero-order chi connectivity index (χ0) is 11.1. The Labute approximate surface area is 81.4 Å². The van der Waals surface area contributed by atoms with E-state index in [4.69, 9.17) is 5.11 Å². The summed E-state index contributed by atoms with van der Waals surface area (Å²) in [6.07, 6.45) is 1.03. The fourth-order valence-corrected chi connectivity index (χ4v) is 0.693. The highest BCUT2D eigenvalue weighted by Crippen LogP contribution is 2.13. The number of aromatic nitrogens is 1. The predicted molar refractivity (Wildman–Crippen MR) is 49.1 cm³/mol. The summed E-state index contributed by atoms with van der Waals surface area (Å²) >= 11 is 0. The van der Waals surface area contributed by atoms with E-state index in [-0.39, 0.29) is 11.4 Å². The van der Waals surface area contributed by atoms with Gasteiger partial charge in [0.15, 0.2) is 5.82 Å². The van der Waals surface area contributed by atoms with Crippen LogP contribution in [0.1, 0.15) is 24.2 Å². The van der Waals surface area contributed by atoms with Crippen molar-refractivity contribution in [1.29, 1.82) is 0 Å². The minimum Gasteiger partial charge on any atom is -0.479 e. The van der Waals surface area contributed by atoms with Crippen LogP contribution in [0.5, 0.6) is 5.88 Å². The minimum absolute atomic E-state index is 0.201. The lowest BCUT2D eigenvalue weighted by molar-refractivity contribution is 0.0695. The van der Waals surface area contributed by atoms with Crippen molar-refractivity contribution in [2.24, 2.45) is 0 Å². The lowest BCUT2D eigenvalue weighted by Crippen LogP contribution is -2.00. The molecule has 1 N–H and O–H groups in total. The van der Waals surface area contributed by atoms with Gasteiger partial charge in [-0.25, -0.2) is 14.2 Å². The second kappa shape index (κ2) is 5.90. The highest BCUT2D eigenvalue weighted by Gasteiger charge is 2.09. The lowest BCUT2D eigenvalue weighted by Gasteiger charge is -1.99. The van der Waals surface area contributed by atoms with Gasteiger partial charge in [-0.2, -0.15) is 0 Å². The van der Waals surface area contributed by atoms with Crippen LogP contribution >= 0.6 is 0 Å². The second-order valence-electron chi connectivity index (χ2n) is 2.02. The summed E-state index contributed by atoms with van der Waals surface area (Å²) in [5, 5.41) is 8.43. The van der Waals surface area contributed by atoms with Crippen molar-refractivity contribution < 1.29 is 19.0 Å². The van der Waals surface area contributed by atoms with E-state index >= 15 is 0 Å². The van der Waals surface area contributed by atoms with Crippen molar-refractivity contribution >= 4 is 5.97 Å². The largest absolute Gasteiger partial charge is 0.479 e. The first-order chi connectivity index (χ1) is 6.65. The average Bonchev–Trinajstić information content (AvgIpc) is 2.20. The van der Waals surface area contributed by atoms with Gasteiger partial charge in [0.05, 0.1) is 12.7 Å². The molecule has 4 nitrogen and oxygen atoms in total. The van der Waals surface area contributed by atoms with Gasteiger partial charge in [-0.3, -0.25) is 0 Å². The van der Waals surface area contributed by atoms with Gasteiger partial charge in [0, 0.05) is 6.20 Å². The summed E-state index contributed by atoms with van der Waals surface area (Å²) in [4.78, 5) is 13.7. The van der Waals surface area contributed by atoms with Crippen molar-refractivity contribution in [2.45, 2.75) is 13.8 Å². The van der Waals surface area contributed by atoms with Gasteiger partial charge in [-0.05, 0) is 6.07 Å². The molecule has 0 bridgehead atoms. The number of methoxy groups -OCH3 is 1. The Bertz CT molecular complexity index is 315. The molecule has 0 amide bonds. The standard InChI is InChI=1S/C7H6FNO3.C2H6/c1-12-6-5(8)2-4(3-9-6)7(10)11;1-2/h2-3H,1H3,(H,10,11);1-2H3. The number of carbonyl (C=O) groups is 1. The summed E-state index contributed by atoms with van der Waals surface area (Å²) in [6.45, 7) is 4.00. The van der Waals surface area contributed by atoms with Crippen molar-refractivity contribution in [3.8, 4) is 5.88 Å². The maximum atomic E-state index is 12.8. The number of hydrogen-bond acceptors (Lipinski definition) is 3. The quantitative estimate of drug-likeness (QED) is 0.794. The molecule has 1 rings (SSSR count). The van der Waals surface area contributed by atoms with Gasteiger partial charge >= 0.3 is 5.97 Å². The Morgan fingerprint density at radius 2 is 2.14 bits per heavy atom. The van der Waals surface area contributed by atoms with Crippen LogP contribution in [0.15, 0.2) is 12.3 Å². The molecule has 0 aromatic carbocycles. The molecule has 0 spiro atoms. The Morgan fingerprint density at radius 3 is 2.50 bits per heavy atom. The van der Waals surface area contributed by atoms with Crippen LogP contribution < -0.4 is 4.74 Å². The van der Waals surface area contributed by atoms with E-state index in [2.05, 4.69) is 9.72 Å². The fourth-order valence-electron chi connectivity index (χ4n) is 0.693. The van der Waals surface area contributed by atoms with Crippen LogP contribution in [-0.2, 0) is 0 Å². The van der Waals surface area contributed by atoms with Crippen LogP contribution in [-0.4, -0.2) is 23.2 Å². The molecule has 0 aliphatic carbocycles. The van der Waals surface area contributed by atoms with Gasteiger partial charge in [-0.1, -0.05) is 13.8 Å². The Morgan fingerprint density at radius 1 is 1.57 bits per heavy atom. The zero-order valence-electron chi connectivity index (χ0n) is 8.24. The summed E-state index contributed by atoms with van der Waals surface area (Å²) in [6, 6.07) is 0.855. The van der Waals surface area contributed by atoms with Crippen molar-refractivity contribution in [2.75, 3.05) is 7.11 Å². The third-order valence-electron chi connectivity index (χ3n) is 1.25. The molecule has 78 valence electrons. The molecule has 1 heterocycles. The number of rotatable bonds is 2. The Kier molecular flexibility index (Phi) is 5.21. The average molecular weight is 201 g/mol. The first-order valence-corrected chi connectivity index (χ1v) is 4.08. The van der Waals surface area contributed by atoms with Crippen molar-refractivity contribution in [3.05, 3.63) is 23.6 Å². The minimum atomic E-state index is -1.22. The number of carboxylic acid groups (broad SMARTS) is 1. The monoisotopic (exact) mass is 201 g/mol. The molecule has 0 saturated heterocycles. The van der Waals surface area contributed by atoms with E-state index < -0.39 is 11.8 Å². The Hall–Kier alpha value is -1.65. The predicted octanol–water partition coefficient (Wildman–Crippen LogP) is 1.95. The molecule has 0 fully saturated rings. The number of carboxylic acids is 1. The van der Waals surface area contributed by atoms with Gasteiger partial charge < -0.3 is 9.84 Å². The molecule has 0 radical (unpaired) electrons. The normalized spacial score (nSPS) is 8.57. The van der Waals surface area contributed by atoms with E-state index in [1.54, 1.807) is 0 Å². The van der Waals surface area contributed by atoms with Gasteiger partial charge in [0.2, 0.25) is 5.88 Å².